The summed E-state index contributed by atoms with van der Waals surface area (Å²) in [6.45, 7) is 1.89. The maximum absolute atomic E-state index is 12.9. The summed E-state index contributed by atoms with van der Waals surface area (Å²) in [4.78, 5) is -0.305. The molecule has 1 unspecified atom stereocenters. The minimum absolute atomic E-state index is 0.136. The van der Waals surface area contributed by atoms with E-state index in [1.54, 1.807) is 6.92 Å². The Kier molecular flexibility index (Phi) is 4.55. The molecule has 0 saturated carbocycles. The van der Waals surface area contributed by atoms with Gasteiger partial charge in [0.2, 0.25) is 10.0 Å². The van der Waals surface area contributed by atoms with Gasteiger partial charge in [-0.25, -0.2) is 21.9 Å². The zero-order chi connectivity index (χ0) is 13.1. The Hall–Kier alpha value is -1.05. The van der Waals surface area contributed by atoms with Crippen molar-refractivity contribution in [3.8, 4) is 0 Å². The van der Waals surface area contributed by atoms with Crippen molar-refractivity contribution in [1.82, 2.24) is 4.72 Å². The Morgan fingerprint density at radius 3 is 2.53 bits per heavy atom. The third-order valence-corrected chi connectivity index (χ3v) is 3.55. The predicted molar refractivity (Wildman–Crippen MR) is 59.8 cm³/mol. The minimum Gasteiger partial charge on any atom is -0.328 e. The molecule has 7 heteroatoms. The lowest BCUT2D eigenvalue weighted by molar-refractivity contribution is 0.504. The van der Waals surface area contributed by atoms with E-state index in [0.29, 0.717) is 12.5 Å². The second-order valence-electron chi connectivity index (χ2n) is 3.74. The normalized spacial score (nSPS) is 13.6. The van der Waals surface area contributed by atoms with Gasteiger partial charge in [0.25, 0.3) is 0 Å². The maximum atomic E-state index is 12.9. The van der Waals surface area contributed by atoms with Crippen LogP contribution in [0.1, 0.15) is 13.3 Å². The van der Waals surface area contributed by atoms with Crippen LogP contribution >= 0.6 is 0 Å². The largest absolute Gasteiger partial charge is 0.328 e. The van der Waals surface area contributed by atoms with E-state index in [1.807, 2.05) is 0 Å². The molecule has 1 aromatic rings. The molecule has 0 spiro atoms. The van der Waals surface area contributed by atoms with Gasteiger partial charge in [0.15, 0.2) is 11.6 Å². The van der Waals surface area contributed by atoms with Gasteiger partial charge in [0.1, 0.15) is 0 Å². The van der Waals surface area contributed by atoms with Gasteiger partial charge < -0.3 is 5.73 Å². The Morgan fingerprint density at radius 1 is 1.35 bits per heavy atom. The first-order valence-electron chi connectivity index (χ1n) is 5.03. The van der Waals surface area contributed by atoms with Crippen molar-refractivity contribution in [2.75, 3.05) is 6.54 Å². The molecule has 96 valence electrons. The van der Waals surface area contributed by atoms with E-state index in [4.69, 9.17) is 5.73 Å². The summed E-state index contributed by atoms with van der Waals surface area (Å²) in [6, 6.07) is 2.29. The molecular formula is C10H14F2N2O2S. The summed E-state index contributed by atoms with van der Waals surface area (Å²) < 4.78 is 51.0. The summed E-state index contributed by atoms with van der Waals surface area (Å²) >= 11 is 0. The summed E-state index contributed by atoms with van der Waals surface area (Å²) in [5.74, 6) is -2.28. The number of nitrogens with two attached hydrogens (primary N) is 1. The average Bonchev–Trinajstić information content (AvgIpc) is 2.21. The summed E-state index contributed by atoms with van der Waals surface area (Å²) in [6.07, 6.45) is 0.461. The Morgan fingerprint density at radius 2 is 2.00 bits per heavy atom. The standard InChI is InChI=1S/C10H14F2N2O2S/c1-7(13)4-5-14-17(15,16)8-2-3-9(11)10(12)6-8/h2-3,6-7,14H,4-5,13H2,1H3. The molecule has 0 aliphatic rings. The van der Waals surface area contributed by atoms with E-state index in [2.05, 4.69) is 4.72 Å². The third kappa shape index (κ3) is 4.03. The molecule has 0 aliphatic heterocycles. The third-order valence-electron chi connectivity index (χ3n) is 2.09. The lowest BCUT2D eigenvalue weighted by atomic mass is 10.3. The zero-order valence-corrected chi connectivity index (χ0v) is 10.1. The Bertz CT molecular complexity index is 489. The van der Waals surface area contributed by atoms with Crippen LogP contribution in [0.4, 0.5) is 8.78 Å². The van der Waals surface area contributed by atoms with Gasteiger partial charge in [-0.15, -0.1) is 0 Å². The first kappa shape index (κ1) is 14.0. The van der Waals surface area contributed by atoms with Crippen molar-refractivity contribution in [3.63, 3.8) is 0 Å². The summed E-state index contributed by atoms with van der Waals surface area (Å²) in [7, 11) is -3.81. The predicted octanol–water partition coefficient (Wildman–Crippen LogP) is 0.980. The van der Waals surface area contributed by atoms with E-state index in [9.17, 15) is 17.2 Å². The maximum Gasteiger partial charge on any atom is 0.240 e. The van der Waals surface area contributed by atoms with Crippen LogP contribution in [-0.2, 0) is 10.0 Å². The highest BCUT2D eigenvalue weighted by molar-refractivity contribution is 7.89. The fourth-order valence-corrected chi connectivity index (χ4v) is 2.21. The van der Waals surface area contributed by atoms with E-state index in [-0.39, 0.29) is 17.5 Å². The molecule has 0 amide bonds. The van der Waals surface area contributed by atoms with Crippen molar-refractivity contribution in [2.24, 2.45) is 5.73 Å². The van der Waals surface area contributed by atoms with Crippen LogP contribution in [0.3, 0.4) is 0 Å². The zero-order valence-electron chi connectivity index (χ0n) is 9.28. The molecule has 0 heterocycles. The van der Waals surface area contributed by atoms with Crippen molar-refractivity contribution in [1.29, 1.82) is 0 Å². The molecular weight excluding hydrogens is 250 g/mol. The van der Waals surface area contributed by atoms with Gasteiger partial charge in [-0.1, -0.05) is 0 Å². The van der Waals surface area contributed by atoms with Crippen molar-refractivity contribution in [2.45, 2.75) is 24.3 Å². The Labute approximate surface area is 98.9 Å². The molecule has 3 N–H and O–H groups in total. The van der Waals surface area contributed by atoms with Gasteiger partial charge in [-0.05, 0) is 31.5 Å². The second-order valence-corrected chi connectivity index (χ2v) is 5.51. The van der Waals surface area contributed by atoms with Gasteiger partial charge in [0, 0.05) is 12.6 Å². The molecule has 1 aromatic carbocycles. The van der Waals surface area contributed by atoms with E-state index >= 15 is 0 Å². The smallest absolute Gasteiger partial charge is 0.240 e. The number of rotatable bonds is 5. The van der Waals surface area contributed by atoms with Crippen LogP contribution in [0.2, 0.25) is 0 Å². The van der Waals surface area contributed by atoms with Gasteiger partial charge in [-0.3, -0.25) is 0 Å². The first-order valence-corrected chi connectivity index (χ1v) is 6.51. The molecule has 0 saturated heterocycles. The van der Waals surface area contributed by atoms with Gasteiger partial charge >= 0.3 is 0 Å². The molecule has 0 bridgehead atoms. The minimum atomic E-state index is -3.81. The monoisotopic (exact) mass is 264 g/mol. The molecule has 17 heavy (non-hydrogen) atoms. The van der Waals surface area contributed by atoms with Crippen molar-refractivity contribution in [3.05, 3.63) is 29.8 Å². The quantitative estimate of drug-likeness (QED) is 0.832. The van der Waals surface area contributed by atoms with Crippen LogP contribution in [0.15, 0.2) is 23.1 Å². The van der Waals surface area contributed by atoms with Crippen molar-refractivity contribution < 1.29 is 17.2 Å². The molecule has 0 fully saturated rings. The number of nitrogens with one attached hydrogen (secondary N) is 1. The van der Waals surface area contributed by atoms with Crippen LogP contribution in [0, 0.1) is 11.6 Å². The van der Waals surface area contributed by atoms with Crippen molar-refractivity contribution >= 4 is 10.0 Å². The first-order chi connectivity index (χ1) is 7.83. The number of halogens is 2. The lowest BCUT2D eigenvalue weighted by Crippen LogP contribution is -2.29. The van der Waals surface area contributed by atoms with Gasteiger partial charge in [0.05, 0.1) is 4.90 Å². The van der Waals surface area contributed by atoms with Crippen LogP contribution in [0.5, 0.6) is 0 Å². The number of sulfonamides is 1. The van der Waals surface area contributed by atoms with Gasteiger partial charge in [-0.2, -0.15) is 0 Å². The highest BCUT2D eigenvalue weighted by Gasteiger charge is 2.15. The molecule has 4 nitrogen and oxygen atoms in total. The summed E-state index contributed by atoms with van der Waals surface area (Å²) in [5.41, 5.74) is 5.46. The van der Waals surface area contributed by atoms with Crippen LogP contribution < -0.4 is 10.5 Å². The number of hydrogen-bond acceptors (Lipinski definition) is 3. The SMILES string of the molecule is CC(N)CCNS(=O)(=O)c1ccc(F)c(F)c1. The number of benzene rings is 1. The second kappa shape index (κ2) is 5.52. The Balaban J connectivity index is 2.79. The summed E-state index contributed by atoms with van der Waals surface area (Å²) in [5, 5.41) is 0. The lowest BCUT2D eigenvalue weighted by Gasteiger charge is -2.08. The highest BCUT2D eigenvalue weighted by atomic mass is 32.2. The molecule has 0 radical (unpaired) electrons. The number of hydrogen-bond donors (Lipinski definition) is 2. The molecule has 0 aliphatic carbocycles. The van der Waals surface area contributed by atoms with Crippen LogP contribution in [-0.4, -0.2) is 21.0 Å². The highest BCUT2D eigenvalue weighted by Crippen LogP contribution is 2.13. The topological polar surface area (TPSA) is 72.2 Å². The van der Waals surface area contributed by atoms with E-state index in [1.165, 1.54) is 0 Å². The van der Waals surface area contributed by atoms with E-state index in [0.717, 1.165) is 12.1 Å². The molecule has 1 rings (SSSR count). The van der Waals surface area contributed by atoms with E-state index < -0.39 is 21.7 Å². The average molecular weight is 264 g/mol. The molecule has 0 aromatic heterocycles. The van der Waals surface area contributed by atoms with Crippen LogP contribution in [0.25, 0.3) is 0 Å². The molecule has 1 atom stereocenters. The fourth-order valence-electron chi connectivity index (χ4n) is 1.15. The fraction of sp³-hybridized carbons (Fsp3) is 0.400.